The number of nitrogens with zero attached hydrogens (tertiary/aromatic N) is 1. The molecule has 0 radical (unpaired) electrons. The molecule has 4 amide bonds. The van der Waals surface area contributed by atoms with E-state index in [4.69, 9.17) is 25.5 Å². The van der Waals surface area contributed by atoms with Crippen LogP contribution in [0.2, 0.25) is 5.02 Å². The average Bonchev–Trinajstić information content (AvgIpc) is 3.22. The fourth-order valence-electron chi connectivity index (χ4n) is 3.85. The lowest BCUT2D eigenvalue weighted by molar-refractivity contribution is -0.134. The summed E-state index contributed by atoms with van der Waals surface area (Å²) in [6.45, 7) is 2.03. The third-order valence-corrected chi connectivity index (χ3v) is 5.92. The second kappa shape index (κ2) is 8.00. The maximum Gasteiger partial charge on any atom is 0.325 e. The number of rotatable bonds is 4. The fraction of sp³-hybridized carbons (Fsp3) is 0.261. The molecule has 10 heteroatoms. The topological polar surface area (TPSA) is 110 Å². The molecule has 2 N–H and O–H groups in total. The number of furan rings is 1. The van der Waals surface area contributed by atoms with E-state index in [1.807, 2.05) is 18.2 Å². The van der Waals surface area contributed by atoms with Gasteiger partial charge in [0, 0.05) is 23.9 Å². The van der Waals surface area contributed by atoms with Crippen molar-refractivity contribution in [3.8, 4) is 11.5 Å². The van der Waals surface area contributed by atoms with E-state index >= 15 is 0 Å². The fourth-order valence-corrected chi connectivity index (χ4v) is 4.05. The zero-order valence-corrected chi connectivity index (χ0v) is 18.4. The smallest absolute Gasteiger partial charge is 0.325 e. The largest absolute Gasteiger partial charge is 0.490 e. The quantitative estimate of drug-likeness (QED) is 0.564. The Labute approximate surface area is 193 Å². The van der Waals surface area contributed by atoms with Crippen LogP contribution in [0.25, 0.3) is 11.0 Å². The Morgan fingerprint density at radius 1 is 1.15 bits per heavy atom. The van der Waals surface area contributed by atoms with Gasteiger partial charge in [0.25, 0.3) is 5.91 Å². The summed E-state index contributed by atoms with van der Waals surface area (Å²) in [6.07, 6.45) is 0.726. The molecule has 1 aromatic heterocycles. The van der Waals surface area contributed by atoms with E-state index in [1.54, 1.807) is 31.2 Å². The highest BCUT2D eigenvalue weighted by Crippen LogP contribution is 2.38. The number of anilines is 1. The van der Waals surface area contributed by atoms with E-state index in [-0.39, 0.29) is 16.5 Å². The van der Waals surface area contributed by atoms with Crippen LogP contribution in [-0.2, 0) is 15.1 Å². The van der Waals surface area contributed by atoms with Crippen LogP contribution in [0, 0.1) is 0 Å². The van der Waals surface area contributed by atoms with Gasteiger partial charge in [-0.05, 0) is 19.1 Å². The first kappa shape index (κ1) is 21.1. The summed E-state index contributed by atoms with van der Waals surface area (Å²) >= 11 is 6.27. The average molecular weight is 470 g/mol. The van der Waals surface area contributed by atoms with Crippen LogP contribution in [0.4, 0.5) is 10.5 Å². The second-order valence-corrected chi connectivity index (χ2v) is 8.38. The number of carbonyl (C=O) groups excluding carboxylic acids is 3. The number of imide groups is 1. The molecule has 3 heterocycles. The van der Waals surface area contributed by atoms with Crippen LogP contribution in [0.1, 0.15) is 19.1 Å². The van der Waals surface area contributed by atoms with Crippen LogP contribution in [-0.4, -0.2) is 42.5 Å². The molecule has 2 aromatic carbocycles. The van der Waals surface area contributed by atoms with Crippen molar-refractivity contribution in [2.24, 2.45) is 0 Å². The van der Waals surface area contributed by atoms with Crippen molar-refractivity contribution in [3.63, 3.8) is 0 Å². The highest BCUT2D eigenvalue weighted by atomic mass is 35.5. The number of benzene rings is 2. The van der Waals surface area contributed by atoms with Crippen LogP contribution in [0.5, 0.6) is 11.5 Å². The van der Waals surface area contributed by atoms with Gasteiger partial charge >= 0.3 is 6.03 Å². The maximum atomic E-state index is 13.1. The number of amides is 4. The van der Waals surface area contributed by atoms with Crippen LogP contribution in [0.3, 0.4) is 0 Å². The number of nitrogens with one attached hydrogen (secondary N) is 2. The van der Waals surface area contributed by atoms with E-state index in [1.165, 1.54) is 0 Å². The second-order valence-electron chi connectivity index (χ2n) is 7.97. The molecular weight excluding hydrogens is 450 g/mol. The molecule has 170 valence electrons. The summed E-state index contributed by atoms with van der Waals surface area (Å²) in [6, 6.07) is 11.4. The molecule has 0 bridgehead atoms. The lowest BCUT2D eigenvalue weighted by Gasteiger charge is -2.19. The van der Waals surface area contributed by atoms with Crippen molar-refractivity contribution >= 4 is 46.1 Å². The number of urea groups is 1. The van der Waals surface area contributed by atoms with Gasteiger partial charge in [0.2, 0.25) is 5.91 Å². The third-order valence-electron chi connectivity index (χ3n) is 5.61. The molecule has 1 saturated heterocycles. The van der Waals surface area contributed by atoms with E-state index in [0.717, 1.165) is 16.7 Å². The van der Waals surface area contributed by atoms with Gasteiger partial charge in [-0.2, -0.15) is 0 Å². The first-order valence-corrected chi connectivity index (χ1v) is 10.7. The SMILES string of the molecule is CC1(c2cc3ccccc3o2)NC(=O)N(CC(=O)Nc2cc3c(cc2Cl)OCCCO3)C1=O. The molecule has 5 rings (SSSR count). The Kier molecular flexibility index (Phi) is 5.13. The molecule has 1 fully saturated rings. The molecule has 3 aromatic rings. The summed E-state index contributed by atoms with van der Waals surface area (Å²) in [5, 5.41) is 6.32. The van der Waals surface area contributed by atoms with Gasteiger partial charge in [-0.25, -0.2) is 4.79 Å². The van der Waals surface area contributed by atoms with E-state index in [9.17, 15) is 14.4 Å². The van der Waals surface area contributed by atoms with Gasteiger partial charge in [-0.3, -0.25) is 14.5 Å². The summed E-state index contributed by atoms with van der Waals surface area (Å²) in [4.78, 5) is 39.3. The third kappa shape index (κ3) is 3.74. The van der Waals surface area contributed by atoms with Crippen molar-refractivity contribution in [1.29, 1.82) is 0 Å². The summed E-state index contributed by atoms with van der Waals surface area (Å²) in [5.74, 6) is 0.0527. The molecule has 0 aliphatic carbocycles. The van der Waals surface area contributed by atoms with Gasteiger partial charge in [0.15, 0.2) is 17.0 Å². The van der Waals surface area contributed by atoms with Gasteiger partial charge < -0.3 is 24.5 Å². The zero-order chi connectivity index (χ0) is 23.2. The molecule has 2 aliphatic rings. The van der Waals surface area contributed by atoms with Crippen LogP contribution < -0.4 is 20.1 Å². The summed E-state index contributed by atoms with van der Waals surface area (Å²) in [5.41, 5.74) is -0.544. The monoisotopic (exact) mass is 469 g/mol. The van der Waals surface area contributed by atoms with Crippen LogP contribution >= 0.6 is 11.6 Å². The highest BCUT2D eigenvalue weighted by Gasteiger charge is 2.51. The van der Waals surface area contributed by atoms with E-state index in [2.05, 4.69) is 10.6 Å². The zero-order valence-electron chi connectivity index (χ0n) is 17.6. The maximum absolute atomic E-state index is 13.1. The number of hydrogen-bond donors (Lipinski definition) is 2. The minimum Gasteiger partial charge on any atom is -0.490 e. The van der Waals surface area contributed by atoms with Crippen molar-refractivity contribution in [1.82, 2.24) is 10.2 Å². The Bertz CT molecular complexity index is 1260. The predicted molar refractivity (Wildman–Crippen MR) is 119 cm³/mol. The molecule has 9 nitrogen and oxygen atoms in total. The van der Waals surface area contributed by atoms with Gasteiger partial charge in [0.1, 0.15) is 17.9 Å². The number of ether oxygens (including phenoxy) is 2. The normalized spacial score (nSPS) is 20.0. The van der Waals surface area contributed by atoms with Crippen LogP contribution in [0.15, 0.2) is 46.9 Å². The standard InChI is InChI=1S/C23H20ClN3O6/c1-23(19-9-13-5-2-3-6-16(13)33-19)21(29)27(22(30)26-23)12-20(28)25-15-11-18-17(10-14(15)24)31-7-4-8-32-18/h2-3,5-6,9-11H,4,7-8,12H2,1H3,(H,25,28)(H,26,30). The number of para-hydroxylation sites is 1. The lowest BCUT2D eigenvalue weighted by Crippen LogP contribution is -2.41. The first-order valence-electron chi connectivity index (χ1n) is 10.4. The molecule has 1 unspecified atom stereocenters. The molecule has 0 spiro atoms. The molecule has 0 saturated carbocycles. The minimum absolute atomic E-state index is 0.247. The first-order chi connectivity index (χ1) is 15.8. The van der Waals surface area contributed by atoms with Crippen molar-refractivity contribution in [2.75, 3.05) is 25.1 Å². The van der Waals surface area contributed by atoms with Crippen molar-refractivity contribution in [3.05, 3.63) is 53.2 Å². The Balaban J connectivity index is 1.33. The molecular formula is C23H20ClN3O6. The van der Waals surface area contributed by atoms with E-state index in [0.29, 0.717) is 30.3 Å². The van der Waals surface area contributed by atoms with Crippen molar-refractivity contribution in [2.45, 2.75) is 18.9 Å². The highest BCUT2D eigenvalue weighted by molar-refractivity contribution is 6.34. The van der Waals surface area contributed by atoms with Gasteiger partial charge in [-0.1, -0.05) is 29.8 Å². The minimum atomic E-state index is -1.43. The van der Waals surface area contributed by atoms with E-state index < -0.39 is 29.9 Å². The summed E-state index contributed by atoms with van der Waals surface area (Å²) in [7, 11) is 0. The Morgan fingerprint density at radius 2 is 1.88 bits per heavy atom. The van der Waals surface area contributed by atoms with Gasteiger partial charge in [0.05, 0.1) is 23.9 Å². The lowest BCUT2D eigenvalue weighted by atomic mass is 9.99. The number of hydrogen-bond acceptors (Lipinski definition) is 6. The van der Waals surface area contributed by atoms with Crippen molar-refractivity contribution < 1.29 is 28.3 Å². The molecule has 33 heavy (non-hydrogen) atoms. The van der Waals surface area contributed by atoms with Gasteiger partial charge in [-0.15, -0.1) is 0 Å². The Hall–Kier alpha value is -3.72. The number of carbonyl (C=O) groups is 3. The Morgan fingerprint density at radius 3 is 2.64 bits per heavy atom. The predicted octanol–water partition coefficient (Wildman–Crippen LogP) is 3.65. The molecule has 2 aliphatic heterocycles. The number of fused-ring (bicyclic) bond motifs is 2. The number of halogens is 1. The summed E-state index contributed by atoms with van der Waals surface area (Å²) < 4.78 is 17.0. The molecule has 1 atom stereocenters.